The van der Waals surface area contributed by atoms with E-state index in [0.29, 0.717) is 18.0 Å². The van der Waals surface area contributed by atoms with Gasteiger partial charge in [0.1, 0.15) is 18.2 Å². The Labute approximate surface area is 138 Å². The Hall–Kier alpha value is -3.40. The van der Waals surface area contributed by atoms with Gasteiger partial charge in [0.05, 0.1) is 24.9 Å². The van der Waals surface area contributed by atoms with Crippen molar-refractivity contribution in [2.45, 2.75) is 12.6 Å². The third-order valence-electron chi connectivity index (χ3n) is 4.07. The fourth-order valence-electron chi connectivity index (χ4n) is 3.00. The normalized spacial score (nSPS) is 15.8. The molecule has 4 rings (SSSR count). The number of hydrogen-bond donors (Lipinski definition) is 0. The molecule has 3 aromatic rings. The van der Waals surface area contributed by atoms with Crippen LogP contribution in [-0.4, -0.2) is 22.1 Å². The van der Waals surface area contributed by atoms with Crippen LogP contribution in [-0.2, 0) is 6.54 Å². The van der Waals surface area contributed by atoms with Gasteiger partial charge in [-0.15, -0.1) is 0 Å². The lowest BCUT2D eigenvalue weighted by atomic mass is 10.0. The topological polar surface area (TPSA) is 88.1 Å². The quantitative estimate of drug-likeness (QED) is 0.732. The molecule has 7 nitrogen and oxygen atoms in total. The molecule has 0 saturated heterocycles. The second kappa shape index (κ2) is 5.66. The number of aromatic nitrogens is 3. The molecule has 2 aromatic heterocycles. The summed E-state index contributed by atoms with van der Waals surface area (Å²) in [5, 5.41) is 9.14. The van der Waals surface area contributed by atoms with Gasteiger partial charge < -0.3 is 14.1 Å². The zero-order chi connectivity index (χ0) is 16.5. The molecule has 1 aliphatic heterocycles. The Morgan fingerprint density at radius 1 is 1.33 bits per heavy atom. The highest BCUT2D eigenvalue weighted by molar-refractivity contribution is 5.56. The van der Waals surface area contributed by atoms with Gasteiger partial charge in [0.25, 0.3) is 0 Å². The molecule has 7 heteroatoms. The van der Waals surface area contributed by atoms with Gasteiger partial charge in [-0.2, -0.15) is 5.26 Å². The second-order valence-electron chi connectivity index (χ2n) is 5.38. The minimum Gasteiger partial charge on any atom is -0.481 e. The molecule has 1 aromatic carbocycles. The van der Waals surface area contributed by atoms with E-state index in [1.165, 1.54) is 12.7 Å². The predicted octanol–water partition coefficient (Wildman–Crippen LogP) is 2.45. The predicted molar refractivity (Wildman–Crippen MR) is 84.3 cm³/mol. The third kappa shape index (κ3) is 2.25. The van der Waals surface area contributed by atoms with Crippen LogP contribution in [0.3, 0.4) is 0 Å². The van der Waals surface area contributed by atoms with E-state index in [0.717, 1.165) is 22.7 Å². The summed E-state index contributed by atoms with van der Waals surface area (Å²) >= 11 is 0. The molecule has 0 bridgehead atoms. The number of fused-ring (bicyclic) bond motifs is 1. The third-order valence-corrected chi connectivity index (χ3v) is 4.07. The molecule has 3 heterocycles. The van der Waals surface area contributed by atoms with Crippen molar-refractivity contribution in [3.8, 4) is 11.9 Å². The fraction of sp³-hybridized carbons (Fsp3) is 0.176. The molecule has 0 fully saturated rings. The highest BCUT2D eigenvalue weighted by Gasteiger charge is 2.35. The molecule has 118 valence electrons. The van der Waals surface area contributed by atoms with Crippen LogP contribution in [0.15, 0.2) is 47.6 Å². The summed E-state index contributed by atoms with van der Waals surface area (Å²) in [6.07, 6.45) is 4.58. The van der Waals surface area contributed by atoms with Crippen LogP contribution in [0.25, 0.3) is 0 Å². The maximum absolute atomic E-state index is 9.14. The average molecular weight is 319 g/mol. The SMILES string of the molecule is COc1cc(N2Cc3cc(C#N)ccc3[C@@H]2c2cnco2)ncn1. The number of rotatable bonds is 3. The molecular weight excluding hydrogens is 306 g/mol. The Morgan fingerprint density at radius 3 is 3.00 bits per heavy atom. The van der Waals surface area contributed by atoms with E-state index in [4.69, 9.17) is 14.4 Å². The first-order valence-corrected chi connectivity index (χ1v) is 7.34. The van der Waals surface area contributed by atoms with E-state index in [1.54, 1.807) is 19.4 Å². The average Bonchev–Trinajstić information content (AvgIpc) is 3.28. The lowest BCUT2D eigenvalue weighted by molar-refractivity contribution is 0.396. The first-order chi connectivity index (χ1) is 11.8. The zero-order valence-electron chi connectivity index (χ0n) is 12.9. The van der Waals surface area contributed by atoms with Crippen molar-refractivity contribution in [3.05, 3.63) is 65.6 Å². The summed E-state index contributed by atoms with van der Waals surface area (Å²) in [6, 6.07) is 9.47. The van der Waals surface area contributed by atoms with Crippen LogP contribution < -0.4 is 9.64 Å². The fourth-order valence-corrected chi connectivity index (χ4v) is 3.00. The summed E-state index contributed by atoms with van der Waals surface area (Å²) in [7, 11) is 1.57. The van der Waals surface area contributed by atoms with Gasteiger partial charge in [-0.25, -0.2) is 15.0 Å². The van der Waals surface area contributed by atoms with Crippen LogP contribution in [0.4, 0.5) is 5.82 Å². The Balaban J connectivity index is 1.83. The number of anilines is 1. The first-order valence-electron chi connectivity index (χ1n) is 7.34. The number of methoxy groups -OCH3 is 1. The van der Waals surface area contributed by atoms with E-state index in [1.807, 2.05) is 18.2 Å². The minimum absolute atomic E-state index is 0.158. The maximum atomic E-state index is 9.14. The summed E-state index contributed by atoms with van der Waals surface area (Å²) in [6.45, 7) is 0.608. The van der Waals surface area contributed by atoms with Gasteiger partial charge >= 0.3 is 0 Å². The molecule has 0 N–H and O–H groups in total. The highest BCUT2D eigenvalue weighted by atomic mass is 16.5. The largest absolute Gasteiger partial charge is 0.481 e. The molecule has 0 amide bonds. The monoisotopic (exact) mass is 319 g/mol. The molecule has 0 saturated carbocycles. The van der Waals surface area contributed by atoms with E-state index in [2.05, 4.69) is 25.9 Å². The van der Waals surface area contributed by atoms with Crippen LogP contribution in [0, 0.1) is 11.3 Å². The van der Waals surface area contributed by atoms with Crippen molar-refractivity contribution in [1.82, 2.24) is 15.0 Å². The van der Waals surface area contributed by atoms with Crippen LogP contribution >= 0.6 is 0 Å². The summed E-state index contributed by atoms with van der Waals surface area (Å²) < 4.78 is 10.7. The van der Waals surface area contributed by atoms with Crippen molar-refractivity contribution >= 4 is 5.82 Å². The lowest BCUT2D eigenvalue weighted by Crippen LogP contribution is -2.23. The van der Waals surface area contributed by atoms with Crippen LogP contribution in [0.2, 0.25) is 0 Å². The molecular formula is C17H13N5O2. The van der Waals surface area contributed by atoms with Crippen molar-refractivity contribution in [1.29, 1.82) is 5.26 Å². The smallest absolute Gasteiger partial charge is 0.218 e. The number of oxazole rings is 1. The minimum atomic E-state index is -0.158. The maximum Gasteiger partial charge on any atom is 0.218 e. The van der Waals surface area contributed by atoms with Crippen molar-refractivity contribution in [2.75, 3.05) is 12.0 Å². The van der Waals surface area contributed by atoms with Crippen molar-refractivity contribution < 1.29 is 9.15 Å². The van der Waals surface area contributed by atoms with Gasteiger partial charge in [0.2, 0.25) is 5.88 Å². The molecule has 0 aliphatic carbocycles. The van der Waals surface area contributed by atoms with Crippen LogP contribution in [0.1, 0.15) is 28.5 Å². The Kier molecular flexibility index (Phi) is 3.35. The molecule has 1 aliphatic rings. The molecule has 0 unspecified atom stereocenters. The number of benzene rings is 1. The molecule has 24 heavy (non-hydrogen) atoms. The van der Waals surface area contributed by atoms with E-state index in [-0.39, 0.29) is 6.04 Å². The summed E-state index contributed by atoms with van der Waals surface area (Å²) in [5.74, 6) is 1.93. The standard InChI is InChI=1S/C17H13N5O2/c1-23-16-5-15(20-9-21-16)22-8-12-4-11(6-18)2-3-13(12)17(22)14-7-19-10-24-14/h2-5,7,9-10,17H,8H2,1H3/t17-/m1/s1. The van der Waals surface area contributed by atoms with Crippen molar-refractivity contribution in [2.24, 2.45) is 0 Å². The van der Waals surface area contributed by atoms with Crippen molar-refractivity contribution in [3.63, 3.8) is 0 Å². The Morgan fingerprint density at radius 2 is 2.25 bits per heavy atom. The van der Waals surface area contributed by atoms with Crippen LogP contribution in [0.5, 0.6) is 5.88 Å². The molecule has 0 radical (unpaired) electrons. The van der Waals surface area contributed by atoms with E-state index < -0.39 is 0 Å². The first kappa shape index (κ1) is 14.2. The number of hydrogen-bond acceptors (Lipinski definition) is 7. The zero-order valence-corrected chi connectivity index (χ0v) is 12.9. The highest BCUT2D eigenvalue weighted by Crippen LogP contribution is 2.41. The van der Waals surface area contributed by atoms with Gasteiger partial charge in [-0.3, -0.25) is 0 Å². The van der Waals surface area contributed by atoms with Gasteiger partial charge in [-0.1, -0.05) is 6.07 Å². The number of ether oxygens (including phenoxy) is 1. The number of nitrogens with zero attached hydrogens (tertiary/aromatic N) is 5. The summed E-state index contributed by atoms with van der Waals surface area (Å²) in [4.78, 5) is 14.5. The van der Waals surface area contributed by atoms with E-state index >= 15 is 0 Å². The van der Waals surface area contributed by atoms with E-state index in [9.17, 15) is 0 Å². The summed E-state index contributed by atoms with van der Waals surface area (Å²) in [5.41, 5.74) is 2.77. The second-order valence-corrected chi connectivity index (χ2v) is 5.38. The Bertz CT molecular complexity index is 917. The van der Waals surface area contributed by atoms with Gasteiger partial charge in [-0.05, 0) is 23.3 Å². The van der Waals surface area contributed by atoms with Gasteiger partial charge in [0.15, 0.2) is 12.2 Å². The lowest BCUT2D eigenvalue weighted by Gasteiger charge is -2.24. The number of nitriles is 1. The van der Waals surface area contributed by atoms with Gasteiger partial charge in [0, 0.05) is 12.6 Å². The molecule has 1 atom stereocenters. The molecule has 0 spiro atoms.